The summed E-state index contributed by atoms with van der Waals surface area (Å²) in [6, 6.07) is 2.15. The lowest BCUT2D eigenvalue weighted by atomic mass is 9.82. The van der Waals surface area contributed by atoms with Crippen molar-refractivity contribution in [2.24, 2.45) is 17.6 Å². The van der Waals surface area contributed by atoms with Crippen LogP contribution >= 0.6 is 0 Å². The van der Waals surface area contributed by atoms with Crippen molar-refractivity contribution >= 4 is 11.8 Å². The summed E-state index contributed by atoms with van der Waals surface area (Å²) in [5.74, 6) is 1.64. The van der Waals surface area contributed by atoms with Crippen molar-refractivity contribution in [3.05, 3.63) is 17.5 Å². The average molecular weight is 389 g/mol. The molecule has 7 heteroatoms. The number of amides is 2. The summed E-state index contributed by atoms with van der Waals surface area (Å²) >= 11 is 0. The number of carbonyl (C=O) groups is 2. The maximum absolute atomic E-state index is 13.0. The topological polar surface area (TPSA) is 101 Å². The summed E-state index contributed by atoms with van der Waals surface area (Å²) in [6.45, 7) is 4.89. The Morgan fingerprint density at radius 3 is 2.54 bits per heavy atom. The van der Waals surface area contributed by atoms with Gasteiger partial charge in [0.15, 0.2) is 5.69 Å². The number of carbonyl (C=O) groups excluding carboxylic acids is 2. The van der Waals surface area contributed by atoms with E-state index in [1.807, 2.05) is 4.90 Å². The number of hydrogen-bond acceptors (Lipinski definition) is 5. The molecule has 3 atom stereocenters. The molecule has 7 nitrogen and oxygen atoms in total. The SMILES string of the molecule is CC1C(NC(=O)c2cc(C3CC3)on2)CCN(C(=O)C2CCC(N)CC2)C1C. The molecule has 3 unspecified atom stereocenters. The van der Waals surface area contributed by atoms with Gasteiger partial charge in [-0.1, -0.05) is 12.1 Å². The minimum absolute atomic E-state index is 0.0346. The van der Waals surface area contributed by atoms with Crippen LogP contribution in [0.25, 0.3) is 0 Å². The van der Waals surface area contributed by atoms with E-state index in [2.05, 4.69) is 24.3 Å². The quantitative estimate of drug-likeness (QED) is 0.825. The molecule has 2 saturated carbocycles. The molecule has 3 aliphatic rings. The van der Waals surface area contributed by atoms with Crippen molar-refractivity contribution < 1.29 is 14.1 Å². The molecule has 28 heavy (non-hydrogen) atoms. The van der Waals surface area contributed by atoms with E-state index < -0.39 is 0 Å². The highest BCUT2D eigenvalue weighted by Crippen LogP contribution is 2.40. The van der Waals surface area contributed by atoms with Crippen LogP contribution in [0.2, 0.25) is 0 Å². The Kier molecular flexibility index (Phi) is 5.45. The molecular weight excluding hydrogens is 356 g/mol. The fraction of sp³-hybridized carbons (Fsp3) is 0.762. The molecule has 1 aliphatic heterocycles. The first-order valence-electron chi connectivity index (χ1n) is 10.8. The number of hydrogen-bond donors (Lipinski definition) is 2. The number of piperidine rings is 1. The number of nitrogens with one attached hydrogen (secondary N) is 1. The summed E-state index contributed by atoms with van der Waals surface area (Å²) in [5.41, 5.74) is 6.34. The minimum Gasteiger partial charge on any atom is -0.360 e. The normalized spacial score (nSPS) is 33.5. The van der Waals surface area contributed by atoms with Gasteiger partial charge in [-0.15, -0.1) is 0 Å². The van der Waals surface area contributed by atoms with Gasteiger partial charge in [-0.25, -0.2) is 0 Å². The molecule has 0 spiro atoms. The molecular formula is C21H32N4O3. The third-order valence-electron chi connectivity index (χ3n) is 7.03. The molecule has 1 aromatic rings. The first-order chi connectivity index (χ1) is 13.4. The maximum atomic E-state index is 13.0. The number of nitrogens with two attached hydrogens (primary N) is 1. The zero-order valence-electron chi connectivity index (χ0n) is 16.9. The van der Waals surface area contributed by atoms with E-state index in [1.54, 1.807) is 6.07 Å². The number of aromatic nitrogens is 1. The van der Waals surface area contributed by atoms with E-state index in [4.69, 9.17) is 10.3 Å². The summed E-state index contributed by atoms with van der Waals surface area (Å²) in [4.78, 5) is 27.6. The molecule has 3 fully saturated rings. The lowest BCUT2D eigenvalue weighted by Crippen LogP contribution is -2.57. The monoisotopic (exact) mass is 388 g/mol. The number of likely N-dealkylation sites (tertiary alicyclic amines) is 1. The van der Waals surface area contributed by atoms with Gasteiger partial charge in [-0.2, -0.15) is 0 Å². The minimum atomic E-state index is -0.180. The Morgan fingerprint density at radius 1 is 1.14 bits per heavy atom. The molecule has 1 aromatic heterocycles. The van der Waals surface area contributed by atoms with E-state index in [1.165, 1.54) is 0 Å². The Hall–Kier alpha value is -1.89. The van der Waals surface area contributed by atoms with Crippen LogP contribution in [0.3, 0.4) is 0 Å². The highest BCUT2D eigenvalue weighted by molar-refractivity contribution is 5.92. The molecule has 2 heterocycles. The van der Waals surface area contributed by atoms with Crippen molar-refractivity contribution in [3.63, 3.8) is 0 Å². The molecule has 2 aliphatic carbocycles. The molecule has 2 amide bonds. The van der Waals surface area contributed by atoms with Crippen LogP contribution in [0.15, 0.2) is 10.6 Å². The lowest BCUT2D eigenvalue weighted by molar-refractivity contribution is -0.141. The Morgan fingerprint density at radius 2 is 1.86 bits per heavy atom. The van der Waals surface area contributed by atoms with Crippen LogP contribution in [0, 0.1) is 11.8 Å². The van der Waals surface area contributed by atoms with Crippen molar-refractivity contribution in [1.29, 1.82) is 0 Å². The van der Waals surface area contributed by atoms with Gasteiger partial charge < -0.3 is 20.5 Å². The van der Waals surface area contributed by atoms with E-state index in [0.717, 1.165) is 50.7 Å². The molecule has 3 N–H and O–H groups in total. The third kappa shape index (κ3) is 3.95. The summed E-state index contributed by atoms with van der Waals surface area (Å²) in [7, 11) is 0. The Labute approximate surface area is 166 Å². The average Bonchev–Trinajstić information content (AvgIpc) is 3.42. The second-order valence-electron chi connectivity index (χ2n) is 9.00. The van der Waals surface area contributed by atoms with Gasteiger partial charge in [0.2, 0.25) is 5.91 Å². The number of nitrogens with zero attached hydrogens (tertiary/aromatic N) is 2. The Balaban J connectivity index is 1.34. The summed E-state index contributed by atoms with van der Waals surface area (Å²) < 4.78 is 5.30. The highest BCUT2D eigenvalue weighted by atomic mass is 16.5. The predicted octanol–water partition coefficient (Wildman–Crippen LogP) is 2.42. The van der Waals surface area contributed by atoms with Gasteiger partial charge in [-0.05, 0) is 57.8 Å². The van der Waals surface area contributed by atoms with Crippen LogP contribution in [0.4, 0.5) is 0 Å². The molecule has 0 aromatic carbocycles. The van der Waals surface area contributed by atoms with E-state index in [-0.39, 0.29) is 41.8 Å². The fourth-order valence-corrected chi connectivity index (χ4v) is 4.68. The summed E-state index contributed by atoms with van der Waals surface area (Å²) in [5, 5.41) is 7.05. The second-order valence-corrected chi connectivity index (χ2v) is 9.00. The third-order valence-corrected chi connectivity index (χ3v) is 7.03. The highest BCUT2D eigenvalue weighted by Gasteiger charge is 2.39. The van der Waals surface area contributed by atoms with Crippen molar-refractivity contribution in [2.45, 2.75) is 82.8 Å². The zero-order valence-corrected chi connectivity index (χ0v) is 16.9. The fourth-order valence-electron chi connectivity index (χ4n) is 4.68. The van der Waals surface area contributed by atoms with E-state index in [0.29, 0.717) is 18.2 Å². The van der Waals surface area contributed by atoms with Gasteiger partial charge in [-0.3, -0.25) is 9.59 Å². The molecule has 1 saturated heterocycles. The van der Waals surface area contributed by atoms with Gasteiger partial charge in [0.05, 0.1) is 0 Å². The van der Waals surface area contributed by atoms with Crippen molar-refractivity contribution in [2.75, 3.05) is 6.54 Å². The van der Waals surface area contributed by atoms with Gasteiger partial charge in [0.25, 0.3) is 5.91 Å². The van der Waals surface area contributed by atoms with Crippen molar-refractivity contribution in [1.82, 2.24) is 15.4 Å². The largest absolute Gasteiger partial charge is 0.360 e. The first kappa shape index (κ1) is 19.4. The number of rotatable bonds is 4. The van der Waals surface area contributed by atoms with Gasteiger partial charge in [0.1, 0.15) is 5.76 Å². The maximum Gasteiger partial charge on any atom is 0.273 e. The van der Waals surface area contributed by atoms with Crippen LogP contribution in [-0.2, 0) is 4.79 Å². The predicted molar refractivity (Wildman–Crippen MR) is 105 cm³/mol. The molecule has 0 bridgehead atoms. The van der Waals surface area contributed by atoms with Gasteiger partial charge >= 0.3 is 0 Å². The summed E-state index contributed by atoms with van der Waals surface area (Å²) in [6.07, 6.45) is 6.66. The van der Waals surface area contributed by atoms with Gasteiger partial charge in [0, 0.05) is 42.6 Å². The second kappa shape index (κ2) is 7.85. The lowest BCUT2D eigenvalue weighted by Gasteiger charge is -2.44. The van der Waals surface area contributed by atoms with E-state index >= 15 is 0 Å². The van der Waals surface area contributed by atoms with Crippen LogP contribution in [-0.4, -0.2) is 46.5 Å². The standard InChI is InChI=1S/C21H32N4O3/c1-12-13(2)25(21(27)15-5-7-16(22)8-6-15)10-9-17(12)23-20(26)18-11-19(28-24-18)14-3-4-14/h11-17H,3-10,22H2,1-2H3,(H,23,26). The molecule has 0 radical (unpaired) electrons. The van der Waals surface area contributed by atoms with E-state index in [9.17, 15) is 9.59 Å². The molecule has 154 valence electrons. The van der Waals surface area contributed by atoms with Crippen LogP contribution in [0.5, 0.6) is 0 Å². The molecule has 4 rings (SSSR count). The van der Waals surface area contributed by atoms with Crippen LogP contribution in [0.1, 0.15) is 81.0 Å². The van der Waals surface area contributed by atoms with Crippen LogP contribution < -0.4 is 11.1 Å². The Bertz CT molecular complexity index is 721. The smallest absolute Gasteiger partial charge is 0.273 e. The van der Waals surface area contributed by atoms with Crippen molar-refractivity contribution in [3.8, 4) is 0 Å². The zero-order chi connectivity index (χ0) is 19.8. The first-order valence-corrected chi connectivity index (χ1v) is 10.8.